The standard InChI is InChI=1S/C15H15FN2/c16-13-7-4-8-17-15(13)10-18-14-9-12(14)11-5-2-1-3-6-11/h1-8,12,14,18H,9-10H2/t12-,14+/m0/s1. The molecule has 92 valence electrons. The van der Waals surface area contributed by atoms with Crippen LogP contribution in [0.5, 0.6) is 0 Å². The highest BCUT2D eigenvalue weighted by atomic mass is 19.1. The van der Waals surface area contributed by atoms with Crippen molar-refractivity contribution in [3.63, 3.8) is 0 Å². The molecule has 0 unspecified atom stereocenters. The van der Waals surface area contributed by atoms with Crippen LogP contribution in [0.4, 0.5) is 4.39 Å². The molecule has 1 aromatic heterocycles. The van der Waals surface area contributed by atoms with E-state index in [1.807, 2.05) is 6.07 Å². The SMILES string of the molecule is Fc1cccnc1CN[C@@H]1C[C@H]1c1ccccc1. The van der Waals surface area contributed by atoms with Gasteiger partial charge in [0.25, 0.3) is 0 Å². The fraction of sp³-hybridized carbons (Fsp3) is 0.267. The van der Waals surface area contributed by atoms with Gasteiger partial charge in [-0.15, -0.1) is 0 Å². The fourth-order valence-corrected chi connectivity index (χ4v) is 2.27. The van der Waals surface area contributed by atoms with Gasteiger partial charge in [0.05, 0.1) is 5.69 Å². The monoisotopic (exact) mass is 242 g/mol. The van der Waals surface area contributed by atoms with Gasteiger partial charge >= 0.3 is 0 Å². The number of nitrogens with zero attached hydrogens (tertiary/aromatic N) is 1. The zero-order valence-electron chi connectivity index (χ0n) is 10.0. The number of halogens is 1. The van der Waals surface area contributed by atoms with Crippen LogP contribution in [-0.4, -0.2) is 11.0 Å². The van der Waals surface area contributed by atoms with E-state index in [9.17, 15) is 4.39 Å². The number of aromatic nitrogens is 1. The Kier molecular flexibility index (Phi) is 3.07. The van der Waals surface area contributed by atoms with Crippen molar-refractivity contribution in [2.24, 2.45) is 0 Å². The van der Waals surface area contributed by atoms with Crippen molar-refractivity contribution in [2.75, 3.05) is 0 Å². The highest BCUT2D eigenvalue weighted by Gasteiger charge is 2.37. The molecule has 0 amide bonds. The summed E-state index contributed by atoms with van der Waals surface area (Å²) in [5, 5.41) is 3.36. The van der Waals surface area contributed by atoms with Crippen molar-refractivity contribution in [1.82, 2.24) is 10.3 Å². The smallest absolute Gasteiger partial charge is 0.146 e. The minimum Gasteiger partial charge on any atom is -0.308 e. The fourth-order valence-electron chi connectivity index (χ4n) is 2.27. The van der Waals surface area contributed by atoms with Crippen molar-refractivity contribution in [1.29, 1.82) is 0 Å². The quantitative estimate of drug-likeness (QED) is 0.891. The first-order chi connectivity index (χ1) is 8.84. The van der Waals surface area contributed by atoms with E-state index in [1.54, 1.807) is 12.3 Å². The lowest BCUT2D eigenvalue weighted by molar-refractivity contribution is 0.570. The summed E-state index contributed by atoms with van der Waals surface area (Å²) in [6, 6.07) is 14.0. The molecular weight excluding hydrogens is 227 g/mol. The number of nitrogens with one attached hydrogen (secondary N) is 1. The third kappa shape index (κ3) is 2.41. The molecule has 2 aromatic rings. The zero-order valence-corrected chi connectivity index (χ0v) is 10.0. The van der Waals surface area contributed by atoms with Gasteiger partial charge in [-0.2, -0.15) is 0 Å². The zero-order chi connectivity index (χ0) is 12.4. The summed E-state index contributed by atoms with van der Waals surface area (Å²) in [6.07, 6.45) is 2.75. The van der Waals surface area contributed by atoms with Crippen LogP contribution >= 0.6 is 0 Å². The van der Waals surface area contributed by atoms with E-state index in [1.165, 1.54) is 11.6 Å². The molecule has 1 N–H and O–H groups in total. The minimum atomic E-state index is -0.234. The minimum absolute atomic E-state index is 0.234. The summed E-state index contributed by atoms with van der Waals surface area (Å²) in [7, 11) is 0. The van der Waals surface area contributed by atoms with Gasteiger partial charge in [0.2, 0.25) is 0 Å². The summed E-state index contributed by atoms with van der Waals surface area (Å²) in [5.41, 5.74) is 1.85. The van der Waals surface area contributed by atoms with E-state index in [0.717, 1.165) is 6.42 Å². The Balaban J connectivity index is 1.56. The molecule has 1 saturated carbocycles. The molecule has 1 aliphatic carbocycles. The second-order valence-corrected chi connectivity index (χ2v) is 4.67. The topological polar surface area (TPSA) is 24.9 Å². The normalized spacial score (nSPS) is 21.8. The van der Waals surface area contributed by atoms with Crippen molar-refractivity contribution < 1.29 is 4.39 Å². The molecule has 2 nitrogen and oxygen atoms in total. The van der Waals surface area contributed by atoms with Gasteiger partial charge in [-0.25, -0.2) is 4.39 Å². The Hall–Kier alpha value is -1.74. The van der Waals surface area contributed by atoms with Gasteiger partial charge < -0.3 is 5.32 Å². The molecule has 18 heavy (non-hydrogen) atoms. The van der Waals surface area contributed by atoms with E-state index in [-0.39, 0.29) is 5.82 Å². The second kappa shape index (κ2) is 4.86. The van der Waals surface area contributed by atoms with Crippen LogP contribution in [0.2, 0.25) is 0 Å². The Morgan fingerprint density at radius 1 is 1.17 bits per heavy atom. The predicted molar refractivity (Wildman–Crippen MR) is 68.6 cm³/mol. The molecule has 2 atom stereocenters. The third-order valence-electron chi connectivity index (χ3n) is 3.38. The Labute approximate surface area is 106 Å². The van der Waals surface area contributed by atoms with E-state index < -0.39 is 0 Å². The number of rotatable bonds is 4. The van der Waals surface area contributed by atoms with Gasteiger partial charge in [-0.05, 0) is 24.1 Å². The van der Waals surface area contributed by atoms with Crippen LogP contribution in [0.25, 0.3) is 0 Å². The van der Waals surface area contributed by atoms with Crippen molar-refractivity contribution in [3.05, 3.63) is 65.7 Å². The number of pyridine rings is 1. The van der Waals surface area contributed by atoms with Crippen LogP contribution < -0.4 is 5.32 Å². The average molecular weight is 242 g/mol. The molecule has 0 aliphatic heterocycles. The molecule has 1 aromatic carbocycles. The lowest BCUT2D eigenvalue weighted by atomic mass is 10.1. The molecule has 0 saturated heterocycles. The number of benzene rings is 1. The van der Waals surface area contributed by atoms with E-state index in [4.69, 9.17) is 0 Å². The molecule has 1 heterocycles. The first kappa shape index (κ1) is 11.4. The molecule has 0 spiro atoms. The summed E-state index contributed by atoms with van der Waals surface area (Å²) in [4.78, 5) is 4.04. The molecule has 3 rings (SSSR count). The lowest BCUT2D eigenvalue weighted by Crippen LogP contribution is -2.18. The van der Waals surface area contributed by atoms with Crippen LogP contribution in [0.15, 0.2) is 48.7 Å². The van der Waals surface area contributed by atoms with E-state index in [0.29, 0.717) is 24.2 Å². The lowest BCUT2D eigenvalue weighted by Gasteiger charge is -2.04. The summed E-state index contributed by atoms with van der Waals surface area (Å²) < 4.78 is 13.4. The van der Waals surface area contributed by atoms with Crippen LogP contribution in [-0.2, 0) is 6.54 Å². The van der Waals surface area contributed by atoms with Gasteiger partial charge in [0, 0.05) is 24.7 Å². The molecule has 1 aliphatic rings. The number of hydrogen-bond acceptors (Lipinski definition) is 2. The summed E-state index contributed by atoms with van der Waals surface area (Å²) >= 11 is 0. The predicted octanol–water partition coefficient (Wildman–Crippen LogP) is 2.87. The van der Waals surface area contributed by atoms with Gasteiger partial charge in [-0.1, -0.05) is 30.3 Å². The van der Waals surface area contributed by atoms with E-state index in [2.05, 4.69) is 34.6 Å². The maximum absolute atomic E-state index is 13.4. The van der Waals surface area contributed by atoms with Crippen LogP contribution in [0.1, 0.15) is 23.6 Å². The Morgan fingerprint density at radius 2 is 2.00 bits per heavy atom. The Bertz CT molecular complexity index is 527. The van der Waals surface area contributed by atoms with E-state index >= 15 is 0 Å². The highest BCUT2D eigenvalue weighted by Crippen LogP contribution is 2.40. The highest BCUT2D eigenvalue weighted by molar-refractivity contribution is 5.27. The average Bonchev–Trinajstić information content (AvgIpc) is 3.18. The largest absolute Gasteiger partial charge is 0.308 e. The van der Waals surface area contributed by atoms with Gasteiger partial charge in [-0.3, -0.25) is 4.98 Å². The molecule has 0 bridgehead atoms. The maximum atomic E-state index is 13.4. The first-order valence-corrected chi connectivity index (χ1v) is 6.22. The maximum Gasteiger partial charge on any atom is 0.146 e. The summed E-state index contributed by atoms with van der Waals surface area (Å²) in [6.45, 7) is 0.501. The van der Waals surface area contributed by atoms with Crippen molar-refractivity contribution in [3.8, 4) is 0 Å². The third-order valence-corrected chi connectivity index (χ3v) is 3.38. The van der Waals surface area contributed by atoms with Crippen molar-refractivity contribution >= 4 is 0 Å². The first-order valence-electron chi connectivity index (χ1n) is 6.22. The second-order valence-electron chi connectivity index (χ2n) is 4.67. The molecule has 0 radical (unpaired) electrons. The Morgan fingerprint density at radius 3 is 2.78 bits per heavy atom. The summed E-state index contributed by atoms with van der Waals surface area (Å²) in [5.74, 6) is 0.333. The molecule has 3 heteroatoms. The molecular formula is C15H15FN2. The van der Waals surface area contributed by atoms with Gasteiger partial charge in [0.1, 0.15) is 5.82 Å². The van der Waals surface area contributed by atoms with Crippen molar-refractivity contribution in [2.45, 2.75) is 24.9 Å². The van der Waals surface area contributed by atoms with Gasteiger partial charge in [0.15, 0.2) is 0 Å². The molecule has 1 fully saturated rings. The van der Waals surface area contributed by atoms with Crippen LogP contribution in [0.3, 0.4) is 0 Å². The number of hydrogen-bond donors (Lipinski definition) is 1. The van der Waals surface area contributed by atoms with Crippen LogP contribution in [0, 0.1) is 5.82 Å².